The fourth-order valence-corrected chi connectivity index (χ4v) is 3.88. The second kappa shape index (κ2) is 8.79. The summed E-state index contributed by atoms with van der Waals surface area (Å²) in [6.07, 6.45) is 1.52. The number of furan rings is 1. The summed E-state index contributed by atoms with van der Waals surface area (Å²) >= 11 is 1.24. The van der Waals surface area contributed by atoms with E-state index in [1.54, 1.807) is 4.90 Å². The number of hydrogen-bond acceptors (Lipinski definition) is 6. The van der Waals surface area contributed by atoms with Crippen molar-refractivity contribution in [1.82, 2.24) is 4.90 Å². The number of aliphatic imine (C=N–C) groups is 1. The van der Waals surface area contributed by atoms with Crippen LogP contribution in [0.5, 0.6) is 0 Å². The van der Waals surface area contributed by atoms with Crippen LogP contribution in [0.3, 0.4) is 0 Å². The number of rotatable bonds is 6. The van der Waals surface area contributed by atoms with Crippen molar-refractivity contribution in [2.75, 3.05) is 0 Å². The highest BCUT2D eigenvalue weighted by Crippen LogP contribution is 2.34. The van der Waals surface area contributed by atoms with Gasteiger partial charge in [0.1, 0.15) is 10.7 Å². The minimum absolute atomic E-state index is 0.213. The number of thioether (sulfide) groups is 1. The van der Waals surface area contributed by atoms with Crippen molar-refractivity contribution in [3.63, 3.8) is 0 Å². The van der Waals surface area contributed by atoms with Gasteiger partial charge in [0.2, 0.25) is 0 Å². The summed E-state index contributed by atoms with van der Waals surface area (Å²) in [4.78, 5) is 30.0. The van der Waals surface area contributed by atoms with Gasteiger partial charge in [-0.25, -0.2) is 0 Å². The van der Waals surface area contributed by atoms with Crippen LogP contribution in [0.1, 0.15) is 16.9 Å². The Hall–Kier alpha value is -3.65. The lowest BCUT2D eigenvalue weighted by Gasteiger charge is -2.15. The molecule has 2 aromatic carbocycles. The highest BCUT2D eigenvalue weighted by molar-refractivity contribution is 8.18. The fourth-order valence-electron chi connectivity index (χ4n) is 2.92. The zero-order chi connectivity index (χ0) is 20.9. The smallest absolute Gasteiger partial charge is 0.401 e. The average molecular weight is 419 g/mol. The first-order valence-corrected chi connectivity index (χ1v) is 10.00. The minimum atomic E-state index is -0.611. The quantitative estimate of drug-likeness (QED) is 0.323. The van der Waals surface area contributed by atoms with Gasteiger partial charge in [-0.1, -0.05) is 60.7 Å². The molecule has 0 unspecified atom stereocenters. The molecule has 0 aliphatic carbocycles. The van der Waals surface area contributed by atoms with Gasteiger partial charge in [-0.15, -0.1) is 0 Å². The Labute approximate surface area is 176 Å². The third kappa shape index (κ3) is 4.49. The van der Waals surface area contributed by atoms with Gasteiger partial charge in [0.25, 0.3) is 5.91 Å². The van der Waals surface area contributed by atoms with E-state index in [1.807, 2.05) is 60.7 Å². The summed E-state index contributed by atoms with van der Waals surface area (Å²) in [6, 6.07) is 22.2. The molecule has 0 radical (unpaired) electrons. The van der Waals surface area contributed by atoms with Crippen molar-refractivity contribution in [3.8, 4) is 0 Å². The first-order valence-electron chi connectivity index (χ1n) is 9.18. The van der Waals surface area contributed by atoms with E-state index in [2.05, 4.69) is 4.99 Å². The van der Waals surface area contributed by atoms with Gasteiger partial charge in [0, 0.05) is 6.08 Å². The summed E-state index contributed by atoms with van der Waals surface area (Å²) < 4.78 is 5.17. The maximum atomic E-state index is 13.1. The zero-order valence-electron chi connectivity index (χ0n) is 15.8. The van der Waals surface area contributed by atoms with Crippen molar-refractivity contribution < 1.29 is 14.1 Å². The molecule has 1 aromatic heterocycles. The summed E-state index contributed by atoms with van der Waals surface area (Å²) in [5, 5.41) is 11.4. The summed E-state index contributed by atoms with van der Waals surface area (Å²) in [5.41, 5.74) is 2.02. The third-order valence-electron chi connectivity index (χ3n) is 4.38. The standard InChI is InChI=1S/C22H17N3O4S/c26-21-19(13-18-11-12-20(29-18)25(27)28)30-22(23-14-16-7-3-1-4-8-16)24(21)15-17-9-5-2-6-10-17/h1-13H,14-15H2. The van der Waals surface area contributed by atoms with Crippen LogP contribution >= 0.6 is 11.8 Å². The molecule has 0 spiro atoms. The Morgan fingerprint density at radius 3 is 2.30 bits per heavy atom. The molecule has 1 saturated heterocycles. The normalized spacial score (nSPS) is 16.5. The van der Waals surface area contributed by atoms with E-state index in [-0.39, 0.29) is 17.6 Å². The first kappa shape index (κ1) is 19.7. The van der Waals surface area contributed by atoms with E-state index >= 15 is 0 Å². The number of carbonyl (C=O) groups is 1. The maximum Gasteiger partial charge on any atom is 0.433 e. The minimum Gasteiger partial charge on any atom is -0.401 e. The van der Waals surface area contributed by atoms with Crippen LogP contribution < -0.4 is 0 Å². The summed E-state index contributed by atoms with van der Waals surface area (Å²) in [7, 11) is 0. The van der Waals surface area contributed by atoms with Gasteiger partial charge in [-0.05, 0) is 29.0 Å². The van der Waals surface area contributed by atoms with Crippen molar-refractivity contribution in [1.29, 1.82) is 0 Å². The Morgan fingerprint density at radius 2 is 1.67 bits per heavy atom. The Balaban J connectivity index is 1.62. The van der Waals surface area contributed by atoms with E-state index in [1.165, 1.54) is 30.0 Å². The number of amides is 1. The molecule has 0 atom stereocenters. The summed E-state index contributed by atoms with van der Waals surface area (Å²) in [6.45, 7) is 0.831. The molecule has 1 aliphatic rings. The molecule has 8 heteroatoms. The molecule has 0 bridgehead atoms. The lowest BCUT2D eigenvalue weighted by molar-refractivity contribution is -0.402. The third-order valence-corrected chi connectivity index (χ3v) is 5.42. The molecule has 2 heterocycles. The highest BCUT2D eigenvalue weighted by Gasteiger charge is 2.33. The molecule has 1 fully saturated rings. The second-order valence-electron chi connectivity index (χ2n) is 6.51. The average Bonchev–Trinajstić information content (AvgIpc) is 3.35. The van der Waals surface area contributed by atoms with E-state index in [9.17, 15) is 14.9 Å². The SMILES string of the molecule is O=C1C(=Cc2ccc([N+](=O)[O-])o2)SC(=NCc2ccccc2)N1Cc1ccccc1. The molecule has 150 valence electrons. The van der Waals surface area contributed by atoms with Crippen LogP contribution in [0.15, 0.2) is 87.1 Å². The van der Waals surface area contributed by atoms with Crippen LogP contribution in [0.25, 0.3) is 6.08 Å². The molecule has 4 rings (SSSR count). The van der Waals surface area contributed by atoms with E-state index in [0.717, 1.165) is 11.1 Å². The lowest BCUT2D eigenvalue weighted by Crippen LogP contribution is -2.28. The van der Waals surface area contributed by atoms with Crippen LogP contribution in [0.4, 0.5) is 5.88 Å². The van der Waals surface area contributed by atoms with Gasteiger partial charge in [0.05, 0.1) is 24.1 Å². The number of benzene rings is 2. The molecular formula is C22H17N3O4S. The van der Waals surface area contributed by atoms with E-state index in [4.69, 9.17) is 4.42 Å². The number of amidine groups is 1. The second-order valence-corrected chi connectivity index (χ2v) is 7.51. The van der Waals surface area contributed by atoms with Crippen LogP contribution in [-0.2, 0) is 17.9 Å². The molecule has 30 heavy (non-hydrogen) atoms. The summed E-state index contributed by atoms with van der Waals surface area (Å²) in [5.74, 6) is -0.326. The highest BCUT2D eigenvalue weighted by atomic mass is 32.2. The first-order chi connectivity index (χ1) is 14.6. The zero-order valence-corrected chi connectivity index (χ0v) is 16.6. The molecule has 1 aliphatic heterocycles. The number of nitro groups is 1. The van der Waals surface area contributed by atoms with Gasteiger partial charge in [0.15, 0.2) is 5.17 Å². The Kier molecular flexibility index (Phi) is 5.76. The van der Waals surface area contributed by atoms with E-state index in [0.29, 0.717) is 23.2 Å². The van der Waals surface area contributed by atoms with Gasteiger partial charge in [-0.2, -0.15) is 0 Å². The van der Waals surface area contributed by atoms with Crippen molar-refractivity contribution in [2.45, 2.75) is 13.1 Å². The van der Waals surface area contributed by atoms with Gasteiger partial charge < -0.3 is 4.42 Å². The maximum absolute atomic E-state index is 13.1. The lowest BCUT2D eigenvalue weighted by atomic mass is 10.2. The topological polar surface area (TPSA) is 88.9 Å². The Morgan fingerprint density at radius 1 is 1.00 bits per heavy atom. The van der Waals surface area contributed by atoms with E-state index < -0.39 is 4.92 Å². The van der Waals surface area contributed by atoms with Crippen LogP contribution in [-0.4, -0.2) is 20.9 Å². The van der Waals surface area contributed by atoms with Crippen molar-refractivity contribution in [2.24, 2.45) is 4.99 Å². The predicted molar refractivity (Wildman–Crippen MR) is 116 cm³/mol. The molecular weight excluding hydrogens is 402 g/mol. The molecule has 3 aromatic rings. The van der Waals surface area contributed by atoms with Crippen LogP contribution in [0, 0.1) is 10.1 Å². The molecule has 0 saturated carbocycles. The number of hydrogen-bond donors (Lipinski definition) is 0. The number of nitrogens with zero attached hydrogens (tertiary/aromatic N) is 3. The van der Waals surface area contributed by atoms with Gasteiger partial charge >= 0.3 is 5.88 Å². The predicted octanol–water partition coefficient (Wildman–Crippen LogP) is 4.86. The van der Waals surface area contributed by atoms with Crippen molar-refractivity contribution >= 4 is 34.8 Å². The number of carbonyl (C=O) groups excluding carboxylic acids is 1. The van der Waals surface area contributed by atoms with Crippen LogP contribution in [0.2, 0.25) is 0 Å². The molecule has 7 nitrogen and oxygen atoms in total. The molecule has 1 amide bonds. The molecule has 0 N–H and O–H groups in total. The van der Waals surface area contributed by atoms with Crippen molar-refractivity contribution in [3.05, 3.63) is 105 Å². The van der Waals surface area contributed by atoms with Gasteiger partial charge in [-0.3, -0.25) is 24.8 Å². The largest absolute Gasteiger partial charge is 0.433 e. The monoisotopic (exact) mass is 419 g/mol. The fraction of sp³-hybridized carbons (Fsp3) is 0.0909. The Bertz CT molecular complexity index is 1120.